The van der Waals surface area contributed by atoms with Crippen LogP contribution >= 0.6 is 0 Å². The lowest BCUT2D eigenvalue weighted by molar-refractivity contribution is -0.128. The number of carbonyl (C=O) groups is 1. The second-order valence-corrected chi connectivity index (χ2v) is 3.01. The molecule has 10 heavy (non-hydrogen) atoms. The van der Waals surface area contributed by atoms with Crippen LogP contribution in [0.2, 0.25) is 0 Å². The van der Waals surface area contributed by atoms with E-state index in [-0.39, 0.29) is 11.9 Å². The fourth-order valence-electron chi connectivity index (χ4n) is 1.49. The Kier molecular flexibility index (Phi) is 1.19. The van der Waals surface area contributed by atoms with Gasteiger partial charge in [0.15, 0.2) is 0 Å². The van der Waals surface area contributed by atoms with Crippen molar-refractivity contribution in [3.05, 3.63) is 0 Å². The maximum atomic E-state index is 12.4. The number of nitrogens with zero attached hydrogens (tertiary/aromatic N) is 1. The second kappa shape index (κ2) is 1.94. The topological polar surface area (TPSA) is 20.3 Å². The Balaban J connectivity index is 1.98. The monoisotopic (exact) mass is 143 g/mol. The molecule has 0 aromatic heterocycles. The van der Waals surface area contributed by atoms with Gasteiger partial charge >= 0.3 is 0 Å². The molecule has 0 N–H and O–H groups in total. The summed E-state index contributed by atoms with van der Waals surface area (Å²) in [5.74, 6) is 0.144. The number of alkyl halides is 1. The lowest BCUT2D eigenvalue weighted by Crippen LogP contribution is -2.28. The minimum absolute atomic E-state index is 0.0463. The number of hydrogen-bond donors (Lipinski definition) is 0. The summed E-state index contributed by atoms with van der Waals surface area (Å²) in [5.41, 5.74) is 0. The van der Waals surface area contributed by atoms with Gasteiger partial charge in [-0.2, -0.15) is 0 Å². The zero-order valence-corrected chi connectivity index (χ0v) is 5.72. The first-order valence-corrected chi connectivity index (χ1v) is 3.72. The molecule has 0 radical (unpaired) electrons. The van der Waals surface area contributed by atoms with Crippen molar-refractivity contribution in [1.82, 2.24) is 4.90 Å². The Labute approximate surface area is 59.0 Å². The number of amides is 1. The third-order valence-corrected chi connectivity index (χ3v) is 2.19. The van der Waals surface area contributed by atoms with Crippen molar-refractivity contribution in [2.45, 2.75) is 31.5 Å². The van der Waals surface area contributed by atoms with Gasteiger partial charge in [-0.1, -0.05) is 0 Å². The number of rotatable bonds is 1. The molecule has 1 aliphatic heterocycles. The number of halogens is 1. The first kappa shape index (κ1) is 6.13. The summed E-state index contributed by atoms with van der Waals surface area (Å²) in [6.07, 6.45) is 1.40. The van der Waals surface area contributed by atoms with E-state index < -0.39 is 6.17 Å². The lowest BCUT2D eigenvalue weighted by atomic mass is 10.4. The molecule has 3 heteroatoms. The average molecular weight is 143 g/mol. The summed E-state index contributed by atoms with van der Waals surface area (Å²) in [6.45, 7) is 0.782. The van der Waals surface area contributed by atoms with Crippen molar-refractivity contribution >= 4 is 5.91 Å². The minimum Gasteiger partial charge on any atom is -0.337 e. The van der Waals surface area contributed by atoms with E-state index in [4.69, 9.17) is 0 Å². The molecular weight excluding hydrogens is 133 g/mol. The Morgan fingerprint density at radius 1 is 1.60 bits per heavy atom. The molecule has 2 aliphatic rings. The smallest absolute Gasteiger partial charge is 0.222 e. The van der Waals surface area contributed by atoms with E-state index in [1.54, 1.807) is 4.90 Å². The molecule has 0 aromatic rings. The van der Waals surface area contributed by atoms with Crippen LogP contribution in [0.1, 0.15) is 19.3 Å². The minimum atomic E-state index is -0.720. The van der Waals surface area contributed by atoms with Crippen LogP contribution in [0.15, 0.2) is 0 Å². The Morgan fingerprint density at radius 3 is 2.70 bits per heavy atom. The van der Waals surface area contributed by atoms with E-state index in [1.165, 1.54) is 0 Å². The van der Waals surface area contributed by atoms with Crippen LogP contribution in [0.25, 0.3) is 0 Å². The predicted octanol–water partition coefficient (Wildman–Crippen LogP) is 0.719. The van der Waals surface area contributed by atoms with Gasteiger partial charge in [-0.05, 0) is 6.42 Å². The molecule has 2 fully saturated rings. The molecule has 1 saturated carbocycles. The molecule has 0 spiro atoms. The summed E-state index contributed by atoms with van der Waals surface area (Å²) in [5, 5.41) is 0. The normalized spacial score (nSPS) is 38.9. The SMILES string of the molecule is O=C1CCCN1C1CC1F. The highest BCUT2D eigenvalue weighted by molar-refractivity contribution is 5.78. The quantitative estimate of drug-likeness (QED) is 0.529. The number of hydrogen-bond acceptors (Lipinski definition) is 1. The highest BCUT2D eigenvalue weighted by Crippen LogP contribution is 2.33. The van der Waals surface area contributed by atoms with Gasteiger partial charge in [-0.25, -0.2) is 4.39 Å². The Morgan fingerprint density at radius 2 is 2.30 bits per heavy atom. The van der Waals surface area contributed by atoms with Crippen LogP contribution in [0.5, 0.6) is 0 Å². The van der Waals surface area contributed by atoms with Crippen molar-refractivity contribution in [2.24, 2.45) is 0 Å². The number of carbonyl (C=O) groups excluding carboxylic acids is 1. The Bertz CT molecular complexity index is 171. The summed E-state index contributed by atoms with van der Waals surface area (Å²) in [4.78, 5) is 12.6. The zero-order valence-electron chi connectivity index (χ0n) is 5.72. The van der Waals surface area contributed by atoms with Crippen LogP contribution in [0.4, 0.5) is 4.39 Å². The van der Waals surface area contributed by atoms with Crippen LogP contribution in [-0.2, 0) is 4.79 Å². The van der Waals surface area contributed by atoms with Gasteiger partial charge in [0, 0.05) is 19.4 Å². The molecule has 1 aliphatic carbocycles. The molecule has 2 rings (SSSR count). The van der Waals surface area contributed by atoms with Crippen LogP contribution in [-0.4, -0.2) is 29.6 Å². The van der Waals surface area contributed by atoms with Gasteiger partial charge in [0.1, 0.15) is 6.17 Å². The molecule has 2 unspecified atom stereocenters. The third kappa shape index (κ3) is 0.805. The molecular formula is C7H10FNO. The van der Waals surface area contributed by atoms with E-state index in [9.17, 15) is 9.18 Å². The van der Waals surface area contributed by atoms with Crippen LogP contribution in [0, 0.1) is 0 Å². The van der Waals surface area contributed by atoms with E-state index in [2.05, 4.69) is 0 Å². The van der Waals surface area contributed by atoms with Gasteiger partial charge in [0.05, 0.1) is 6.04 Å². The average Bonchev–Trinajstić information content (AvgIpc) is 2.42. The zero-order chi connectivity index (χ0) is 7.14. The highest BCUT2D eigenvalue weighted by atomic mass is 19.1. The van der Waals surface area contributed by atoms with Crippen molar-refractivity contribution < 1.29 is 9.18 Å². The number of likely N-dealkylation sites (tertiary alicyclic amines) is 1. The third-order valence-electron chi connectivity index (χ3n) is 2.19. The predicted molar refractivity (Wildman–Crippen MR) is 34.2 cm³/mol. The largest absolute Gasteiger partial charge is 0.337 e. The molecule has 1 saturated heterocycles. The molecule has 56 valence electrons. The van der Waals surface area contributed by atoms with Gasteiger partial charge in [0.25, 0.3) is 0 Å². The standard InChI is InChI=1S/C7H10FNO/c8-5-4-6(5)9-3-1-2-7(9)10/h5-6H,1-4H2. The molecule has 0 bridgehead atoms. The van der Waals surface area contributed by atoms with E-state index in [0.29, 0.717) is 12.8 Å². The van der Waals surface area contributed by atoms with E-state index in [0.717, 1.165) is 13.0 Å². The van der Waals surface area contributed by atoms with Crippen molar-refractivity contribution in [3.63, 3.8) is 0 Å². The fourth-order valence-corrected chi connectivity index (χ4v) is 1.49. The summed E-state index contributed by atoms with van der Waals surface area (Å²) in [6, 6.07) is -0.0463. The first-order valence-electron chi connectivity index (χ1n) is 3.72. The molecule has 2 nitrogen and oxygen atoms in total. The second-order valence-electron chi connectivity index (χ2n) is 3.01. The maximum absolute atomic E-state index is 12.4. The lowest BCUT2D eigenvalue weighted by Gasteiger charge is -2.12. The molecule has 2 atom stereocenters. The van der Waals surface area contributed by atoms with E-state index in [1.807, 2.05) is 0 Å². The maximum Gasteiger partial charge on any atom is 0.222 e. The van der Waals surface area contributed by atoms with Crippen LogP contribution in [0.3, 0.4) is 0 Å². The highest BCUT2D eigenvalue weighted by Gasteiger charge is 2.45. The van der Waals surface area contributed by atoms with E-state index >= 15 is 0 Å². The van der Waals surface area contributed by atoms with Gasteiger partial charge < -0.3 is 4.90 Å². The molecule has 1 amide bonds. The van der Waals surface area contributed by atoms with Gasteiger partial charge in [0.2, 0.25) is 5.91 Å². The van der Waals surface area contributed by atoms with Crippen molar-refractivity contribution in [1.29, 1.82) is 0 Å². The van der Waals surface area contributed by atoms with Gasteiger partial charge in [-0.3, -0.25) is 4.79 Å². The fraction of sp³-hybridized carbons (Fsp3) is 0.857. The summed E-state index contributed by atoms with van der Waals surface area (Å²) in [7, 11) is 0. The summed E-state index contributed by atoms with van der Waals surface area (Å²) >= 11 is 0. The van der Waals surface area contributed by atoms with Crippen molar-refractivity contribution in [3.8, 4) is 0 Å². The van der Waals surface area contributed by atoms with Crippen molar-refractivity contribution in [2.75, 3.05) is 6.54 Å². The summed E-state index contributed by atoms with van der Waals surface area (Å²) < 4.78 is 12.4. The Hall–Kier alpha value is -0.600. The molecule has 0 aromatic carbocycles. The molecule has 1 heterocycles. The first-order chi connectivity index (χ1) is 4.79. The van der Waals surface area contributed by atoms with Crippen LogP contribution < -0.4 is 0 Å². The van der Waals surface area contributed by atoms with Gasteiger partial charge in [-0.15, -0.1) is 0 Å².